The zero-order valence-electron chi connectivity index (χ0n) is 20.5. The molecular weight excluding hydrogens is 460 g/mol. The Morgan fingerprint density at radius 3 is 2.20 bits per heavy atom. The first-order chi connectivity index (χ1) is 16.9. The summed E-state index contributed by atoms with van der Waals surface area (Å²) in [7, 11) is 1.61. The highest BCUT2D eigenvalue weighted by Crippen LogP contribution is 2.22. The summed E-state index contributed by atoms with van der Waals surface area (Å²) in [6, 6.07) is 23.9. The van der Waals surface area contributed by atoms with Crippen molar-refractivity contribution in [2.24, 2.45) is 5.92 Å². The molecule has 0 aliphatic carbocycles. The number of ether oxygens (including phenoxy) is 1. The summed E-state index contributed by atoms with van der Waals surface area (Å²) in [5.41, 5.74) is 2.63. The number of carbonyl (C=O) groups is 2. The predicted molar refractivity (Wildman–Crippen MR) is 140 cm³/mol. The van der Waals surface area contributed by atoms with E-state index in [2.05, 4.69) is 5.32 Å². The van der Waals surface area contributed by atoms with Crippen LogP contribution in [0.3, 0.4) is 0 Å². The summed E-state index contributed by atoms with van der Waals surface area (Å²) in [4.78, 5) is 28.8. The standard InChI is InChI=1S/C29H33ClN2O3/c1-21(2)19-31-29(34)27(17-22-9-5-4-6-10-22)32(20-24-11-7-8-12-26(24)30)28(33)18-23-13-15-25(35-3)16-14-23/h4-16,21,27H,17-20H2,1-3H3,(H,31,34). The van der Waals surface area contributed by atoms with Crippen LogP contribution in [0.15, 0.2) is 78.9 Å². The zero-order chi connectivity index (χ0) is 25.2. The number of hydrogen-bond donors (Lipinski definition) is 1. The molecule has 0 aromatic heterocycles. The van der Waals surface area contributed by atoms with Gasteiger partial charge in [0.05, 0.1) is 13.5 Å². The molecule has 35 heavy (non-hydrogen) atoms. The number of carbonyl (C=O) groups excluding carboxylic acids is 2. The number of rotatable bonds is 11. The second kappa shape index (κ2) is 13.0. The lowest BCUT2D eigenvalue weighted by Crippen LogP contribution is -2.51. The number of nitrogens with zero attached hydrogens (tertiary/aromatic N) is 1. The summed E-state index contributed by atoms with van der Waals surface area (Å²) in [5.74, 6) is 0.709. The minimum Gasteiger partial charge on any atom is -0.497 e. The maximum absolute atomic E-state index is 13.7. The lowest BCUT2D eigenvalue weighted by atomic mass is 10.0. The van der Waals surface area contributed by atoms with Gasteiger partial charge in [0.25, 0.3) is 0 Å². The average Bonchev–Trinajstić information content (AvgIpc) is 2.86. The summed E-state index contributed by atoms with van der Waals surface area (Å²) in [6.07, 6.45) is 0.570. The van der Waals surface area contributed by atoms with Crippen LogP contribution in [0, 0.1) is 5.92 Å². The van der Waals surface area contributed by atoms with E-state index in [0.717, 1.165) is 22.4 Å². The van der Waals surface area contributed by atoms with Gasteiger partial charge in [-0.15, -0.1) is 0 Å². The van der Waals surface area contributed by atoms with Crippen LogP contribution < -0.4 is 10.1 Å². The molecule has 0 saturated heterocycles. The van der Waals surface area contributed by atoms with Gasteiger partial charge in [0.2, 0.25) is 11.8 Å². The number of nitrogens with one attached hydrogen (secondary N) is 1. The number of halogens is 1. The topological polar surface area (TPSA) is 58.6 Å². The Balaban J connectivity index is 1.95. The van der Waals surface area contributed by atoms with Crippen molar-refractivity contribution in [2.75, 3.05) is 13.7 Å². The van der Waals surface area contributed by atoms with Crippen LogP contribution in [0.1, 0.15) is 30.5 Å². The van der Waals surface area contributed by atoms with Crippen LogP contribution in [0.5, 0.6) is 5.75 Å². The fourth-order valence-electron chi connectivity index (χ4n) is 3.81. The Bertz CT molecular complexity index is 1100. The molecule has 3 aromatic carbocycles. The average molecular weight is 493 g/mol. The minimum absolute atomic E-state index is 0.143. The summed E-state index contributed by atoms with van der Waals surface area (Å²) in [5, 5.41) is 3.60. The van der Waals surface area contributed by atoms with E-state index >= 15 is 0 Å². The largest absolute Gasteiger partial charge is 0.497 e. The molecule has 184 valence electrons. The molecule has 0 aliphatic heterocycles. The van der Waals surface area contributed by atoms with Gasteiger partial charge in [-0.3, -0.25) is 9.59 Å². The Hall–Kier alpha value is -3.31. The normalized spacial score (nSPS) is 11.7. The van der Waals surface area contributed by atoms with Crippen molar-refractivity contribution in [3.8, 4) is 5.75 Å². The fourth-order valence-corrected chi connectivity index (χ4v) is 4.00. The van der Waals surface area contributed by atoms with E-state index in [1.807, 2.05) is 86.6 Å². The molecule has 1 unspecified atom stereocenters. The molecule has 6 heteroatoms. The lowest BCUT2D eigenvalue weighted by Gasteiger charge is -2.32. The number of amides is 2. The molecule has 3 rings (SSSR count). The third kappa shape index (κ3) is 7.86. The molecule has 0 spiro atoms. The maximum Gasteiger partial charge on any atom is 0.243 e. The fraction of sp³-hybridized carbons (Fsp3) is 0.310. The van der Waals surface area contributed by atoms with Gasteiger partial charge in [-0.05, 0) is 40.8 Å². The van der Waals surface area contributed by atoms with Gasteiger partial charge in [0, 0.05) is 24.5 Å². The Kier molecular flexibility index (Phi) is 9.74. The molecule has 0 aliphatic rings. The lowest BCUT2D eigenvalue weighted by molar-refractivity contribution is -0.140. The third-order valence-corrected chi connectivity index (χ3v) is 6.14. The summed E-state index contributed by atoms with van der Waals surface area (Å²) in [6.45, 7) is 4.86. The SMILES string of the molecule is COc1ccc(CC(=O)N(Cc2ccccc2Cl)C(Cc2ccccc2)C(=O)NCC(C)C)cc1. The first-order valence-corrected chi connectivity index (χ1v) is 12.2. The van der Waals surface area contributed by atoms with E-state index in [1.165, 1.54) is 0 Å². The monoisotopic (exact) mass is 492 g/mol. The Labute approximate surface area is 213 Å². The van der Waals surface area contributed by atoms with Gasteiger partial charge in [-0.1, -0.05) is 86.1 Å². The zero-order valence-corrected chi connectivity index (χ0v) is 21.3. The van der Waals surface area contributed by atoms with Gasteiger partial charge in [0.1, 0.15) is 11.8 Å². The van der Waals surface area contributed by atoms with Crippen molar-refractivity contribution in [2.45, 2.75) is 39.3 Å². The predicted octanol–water partition coefficient (Wildman–Crippen LogP) is 5.30. The van der Waals surface area contributed by atoms with Crippen molar-refractivity contribution < 1.29 is 14.3 Å². The molecular formula is C29H33ClN2O3. The van der Waals surface area contributed by atoms with E-state index in [-0.39, 0.29) is 24.8 Å². The molecule has 0 saturated carbocycles. The second-order valence-electron chi connectivity index (χ2n) is 8.98. The molecule has 0 heterocycles. The first kappa shape index (κ1) is 26.3. The van der Waals surface area contributed by atoms with Gasteiger partial charge in [0.15, 0.2) is 0 Å². The van der Waals surface area contributed by atoms with Crippen LogP contribution >= 0.6 is 11.6 Å². The third-order valence-electron chi connectivity index (χ3n) is 5.77. The van der Waals surface area contributed by atoms with E-state index in [9.17, 15) is 9.59 Å². The van der Waals surface area contributed by atoms with Crippen molar-refractivity contribution in [3.63, 3.8) is 0 Å². The smallest absolute Gasteiger partial charge is 0.243 e. The molecule has 2 amide bonds. The number of benzene rings is 3. The van der Waals surface area contributed by atoms with Crippen molar-refractivity contribution in [1.82, 2.24) is 10.2 Å². The van der Waals surface area contributed by atoms with Gasteiger partial charge >= 0.3 is 0 Å². The van der Waals surface area contributed by atoms with Crippen molar-refractivity contribution in [3.05, 3.63) is 101 Å². The Morgan fingerprint density at radius 1 is 0.914 bits per heavy atom. The van der Waals surface area contributed by atoms with Crippen LogP contribution in [0.25, 0.3) is 0 Å². The summed E-state index contributed by atoms with van der Waals surface area (Å²) >= 11 is 6.46. The van der Waals surface area contributed by atoms with Crippen LogP contribution in [-0.2, 0) is 29.0 Å². The van der Waals surface area contributed by atoms with Gasteiger partial charge in [-0.25, -0.2) is 0 Å². The van der Waals surface area contributed by atoms with Crippen LogP contribution in [0.2, 0.25) is 5.02 Å². The highest BCUT2D eigenvalue weighted by molar-refractivity contribution is 6.31. The molecule has 5 nitrogen and oxygen atoms in total. The molecule has 0 fully saturated rings. The van der Waals surface area contributed by atoms with E-state index in [0.29, 0.717) is 23.9 Å². The van der Waals surface area contributed by atoms with E-state index in [4.69, 9.17) is 16.3 Å². The number of methoxy groups -OCH3 is 1. The minimum atomic E-state index is -0.682. The van der Waals surface area contributed by atoms with Gasteiger partial charge < -0.3 is 15.0 Å². The van der Waals surface area contributed by atoms with E-state index in [1.54, 1.807) is 18.1 Å². The molecule has 1 atom stereocenters. The molecule has 0 bridgehead atoms. The van der Waals surface area contributed by atoms with Crippen molar-refractivity contribution >= 4 is 23.4 Å². The second-order valence-corrected chi connectivity index (χ2v) is 9.39. The van der Waals surface area contributed by atoms with Gasteiger partial charge in [-0.2, -0.15) is 0 Å². The first-order valence-electron chi connectivity index (χ1n) is 11.8. The molecule has 1 N–H and O–H groups in total. The van der Waals surface area contributed by atoms with Crippen LogP contribution in [-0.4, -0.2) is 36.4 Å². The molecule has 3 aromatic rings. The highest BCUT2D eigenvalue weighted by Gasteiger charge is 2.30. The Morgan fingerprint density at radius 2 is 1.57 bits per heavy atom. The number of hydrogen-bond acceptors (Lipinski definition) is 3. The van der Waals surface area contributed by atoms with Crippen molar-refractivity contribution in [1.29, 1.82) is 0 Å². The maximum atomic E-state index is 13.7. The quantitative estimate of drug-likeness (QED) is 0.395. The molecule has 0 radical (unpaired) electrons. The van der Waals surface area contributed by atoms with Crippen LogP contribution in [0.4, 0.5) is 0 Å². The highest BCUT2D eigenvalue weighted by atomic mass is 35.5. The van der Waals surface area contributed by atoms with E-state index < -0.39 is 6.04 Å². The summed E-state index contributed by atoms with van der Waals surface area (Å²) < 4.78 is 5.23.